The smallest absolute Gasteiger partial charge is 0.335 e. The normalized spacial score (nSPS) is 13.4. The first-order valence-electron chi connectivity index (χ1n) is 50.3. The van der Waals surface area contributed by atoms with E-state index in [1.54, 1.807) is 92.4 Å². The molecule has 0 saturated carbocycles. The largest absolute Gasteiger partial charge is 0.508 e. The van der Waals surface area contributed by atoms with Crippen LogP contribution >= 0.6 is 0 Å². The first kappa shape index (κ1) is 113. The van der Waals surface area contributed by atoms with Crippen LogP contribution in [-0.2, 0) is 92.4 Å². The molecule has 3 N–H and O–H groups in total. The predicted molar refractivity (Wildman–Crippen MR) is 586 cm³/mol. The van der Waals surface area contributed by atoms with Crippen LogP contribution in [0.15, 0.2) is 327 Å². The number of esters is 3. The Labute approximate surface area is 879 Å². The summed E-state index contributed by atoms with van der Waals surface area (Å²) >= 11 is 0. The molecule has 0 aliphatic carbocycles. The fraction of sp³-hybridized carbons (Fsp3) is 0.296. The number of anilines is 4. The molecule has 11 aromatic rings. The van der Waals surface area contributed by atoms with E-state index < -0.39 is 17.9 Å². The molecule has 15 rings (SSSR count). The van der Waals surface area contributed by atoms with Gasteiger partial charge in [-0.1, -0.05) is 232 Å². The second kappa shape index (κ2) is 52.0. The molecule has 11 aromatic carbocycles. The van der Waals surface area contributed by atoms with Gasteiger partial charge in [0.15, 0.2) is 11.5 Å². The number of carboxylic acid groups (broad SMARTS) is 1. The van der Waals surface area contributed by atoms with E-state index in [4.69, 9.17) is 53.1 Å². The van der Waals surface area contributed by atoms with Crippen LogP contribution in [0, 0.1) is 0 Å². The van der Waals surface area contributed by atoms with E-state index in [2.05, 4.69) is 127 Å². The highest BCUT2D eigenvalue weighted by molar-refractivity contribution is 6.43. The van der Waals surface area contributed by atoms with E-state index in [9.17, 15) is 39.0 Å². The van der Waals surface area contributed by atoms with Gasteiger partial charge in [0.05, 0.1) is 90.3 Å². The molecule has 4 heterocycles. The average Bonchev–Trinajstić information content (AvgIpc) is 1.55. The zero-order valence-corrected chi connectivity index (χ0v) is 86.9. The molecule has 4 aliphatic heterocycles. The third kappa shape index (κ3) is 29.5. The van der Waals surface area contributed by atoms with Gasteiger partial charge in [-0.2, -0.15) is 9.78 Å². The summed E-state index contributed by atoms with van der Waals surface area (Å²) < 4.78 is 32.2. The first-order valence-corrected chi connectivity index (χ1v) is 50.3. The fourth-order valence-electron chi connectivity index (χ4n) is 17.0. The molecule has 150 heavy (non-hydrogen) atoms. The molecule has 0 aromatic heterocycles. The van der Waals surface area contributed by atoms with Crippen LogP contribution in [0.1, 0.15) is 234 Å². The summed E-state index contributed by atoms with van der Waals surface area (Å²) in [5.74, 6) is -0.230. The molecule has 25 heteroatoms. The maximum atomic E-state index is 15.5. The molecule has 0 spiro atoms. The van der Waals surface area contributed by atoms with Crippen molar-refractivity contribution < 1.29 is 102 Å². The van der Waals surface area contributed by atoms with Crippen molar-refractivity contribution in [2.24, 2.45) is 0 Å². The SMILES string of the molecule is C.C=CC(=O)OCCCCCCOc1ccc(C(=O)O)cc1.C=CC(=O)OCCCCCCOc1ccc(COOc2ccc(N3C(=O)C4=C(c5ccc(C(C)(C)C)cc5)N(c5ccc(COOc6ccc(OCCCCCCOC(=O)C=C)cc6)cc5)C(=O)C4=C3c3ccc(C(C)(C)C)cc3)cc2)cc1.CC(C)(C)c1ccc(C2=C3C(=O)N(c4ccc(O)cc4)C(c4ccc(C(C)(C)C)cc4)=C3C(=O)N2c2ccc(O)cc2)cc1. The van der Waals surface area contributed by atoms with Gasteiger partial charge in [-0.3, -0.25) is 38.8 Å². The van der Waals surface area contributed by atoms with Crippen LogP contribution in [0.3, 0.4) is 0 Å². The van der Waals surface area contributed by atoms with E-state index in [1.165, 1.54) is 48.6 Å². The third-order valence-corrected chi connectivity index (χ3v) is 25.4. The summed E-state index contributed by atoms with van der Waals surface area (Å²) in [6.07, 6.45) is 14.3. The highest BCUT2D eigenvalue weighted by Gasteiger charge is 2.52. The zero-order chi connectivity index (χ0) is 107. The minimum absolute atomic E-state index is 0. The number of amides is 4. The molecule has 0 unspecified atom stereocenters. The van der Waals surface area contributed by atoms with E-state index in [-0.39, 0.29) is 89.0 Å². The Morgan fingerprint density at radius 2 is 0.493 bits per heavy atom. The molecule has 0 saturated heterocycles. The van der Waals surface area contributed by atoms with Crippen molar-refractivity contribution in [2.45, 2.75) is 202 Å². The van der Waals surface area contributed by atoms with E-state index in [0.717, 1.165) is 133 Å². The molecule has 0 atom stereocenters. The standard InChI is InChI=1S/C70H76N2O12.C38H36N2O4.C16H20O5.CH4/c1-9-61(73)79-45-17-13-11-15-43-77-57-35-21-50(22-36-57)48-82-83-59-37-33-56(34-38-59)72-66(52-25-29-54(30-26-52)70(6,7)8)64-63(68(72)76)65(51-23-27-53(28-24-51)69(3,4)5)71(67(64)75)55-31-19-49(20-32-55)47-81-84-60-41-39-58(40-42-60)78-44-16-12-14-18-46-80-62(74)10-2;1-37(2,3)25-11-7-23(8-12-25)33-31-32(36(44)39(33)27-15-19-29(41)20-16-27)34(24-9-13-26(14-10-24)38(4,5)6)40(35(31)43)28-17-21-30(42)22-18-28;1-2-15(17)21-12-6-4-3-5-11-20-14-9-7-13(8-10-14)16(18)19;/h9-10,19-42H,1-2,11-18,43-48H2,3-8H3;7-22,41-42H,1-6H3;2,7-10H,1,3-6,11-12H2,(H,18,19);1H4. The molecular weight excluding hydrogens is 1890 g/mol. The lowest BCUT2D eigenvalue weighted by Crippen LogP contribution is -2.30. The molecular formula is C125H136N4O21. The molecule has 782 valence electrons. The fourth-order valence-corrected chi connectivity index (χ4v) is 17.0. The topological polar surface area (TPSA) is 303 Å². The number of hydrogen-bond acceptors (Lipinski definition) is 20. The second-order valence-electron chi connectivity index (χ2n) is 40.5. The number of hydrogen-bond donors (Lipinski definition) is 3. The van der Waals surface area contributed by atoms with Crippen LogP contribution in [0.4, 0.5) is 22.7 Å². The zero-order valence-electron chi connectivity index (χ0n) is 86.9. The van der Waals surface area contributed by atoms with Crippen molar-refractivity contribution in [1.29, 1.82) is 0 Å². The van der Waals surface area contributed by atoms with Crippen molar-refractivity contribution in [2.75, 3.05) is 59.2 Å². The summed E-state index contributed by atoms with van der Waals surface area (Å²) in [6.45, 7) is 39.1. The average molecular weight is 2030 g/mol. The number of nitrogens with zero attached hydrogens (tertiary/aromatic N) is 4. The number of unbranched alkanes of at least 4 members (excludes halogenated alkanes) is 9. The molecule has 4 amide bonds. The molecule has 25 nitrogen and oxygen atoms in total. The number of ether oxygens (including phenoxy) is 6. The Morgan fingerprint density at radius 3 is 0.740 bits per heavy atom. The maximum absolute atomic E-state index is 15.5. The molecule has 0 bridgehead atoms. The van der Waals surface area contributed by atoms with Gasteiger partial charge in [0, 0.05) is 41.0 Å². The maximum Gasteiger partial charge on any atom is 0.335 e. The van der Waals surface area contributed by atoms with Crippen LogP contribution in [-0.4, -0.2) is 102 Å². The van der Waals surface area contributed by atoms with Crippen molar-refractivity contribution in [3.63, 3.8) is 0 Å². The van der Waals surface area contributed by atoms with Crippen LogP contribution in [0.2, 0.25) is 0 Å². The number of phenolic OH excluding ortho intramolecular Hbond substituents is 2. The van der Waals surface area contributed by atoms with E-state index in [0.29, 0.717) is 142 Å². The van der Waals surface area contributed by atoms with Crippen LogP contribution in [0.25, 0.3) is 22.8 Å². The second-order valence-corrected chi connectivity index (χ2v) is 40.5. The van der Waals surface area contributed by atoms with Crippen molar-refractivity contribution in [3.05, 3.63) is 388 Å². The molecule has 0 radical (unpaired) electrons. The Balaban J connectivity index is 0.000000248. The Bertz CT molecular complexity index is 6320. The minimum atomic E-state index is -0.946. The van der Waals surface area contributed by atoms with Gasteiger partial charge in [-0.15, -0.1) is 0 Å². The third-order valence-electron chi connectivity index (χ3n) is 25.4. The van der Waals surface area contributed by atoms with Gasteiger partial charge in [0.2, 0.25) is 0 Å². The highest BCUT2D eigenvalue weighted by atomic mass is 17.2. The summed E-state index contributed by atoms with van der Waals surface area (Å²) in [5, 5.41) is 28.8. The quantitative estimate of drug-likeness (QED) is 0.00798. The lowest BCUT2D eigenvalue weighted by atomic mass is 9.86. The number of aromatic carboxylic acids is 1. The minimum Gasteiger partial charge on any atom is -0.508 e. The van der Waals surface area contributed by atoms with Crippen LogP contribution in [0.5, 0.6) is 40.2 Å². The lowest BCUT2D eigenvalue weighted by Gasteiger charge is -2.26. The number of aromatic hydroxyl groups is 2. The molecule has 4 aliphatic rings. The van der Waals surface area contributed by atoms with E-state index in [1.807, 2.05) is 133 Å². The van der Waals surface area contributed by atoms with Crippen LogP contribution < -0.4 is 43.6 Å². The summed E-state index contributed by atoms with van der Waals surface area (Å²) in [7, 11) is 0. The lowest BCUT2D eigenvalue weighted by molar-refractivity contribution is -0.217. The van der Waals surface area contributed by atoms with Crippen molar-refractivity contribution >= 4 is 93.0 Å². The first-order chi connectivity index (χ1) is 71.4. The van der Waals surface area contributed by atoms with Gasteiger partial charge in [-0.25, -0.2) is 19.2 Å². The summed E-state index contributed by atoms with van der Waals surface area (Å²) in [6, 6.07) is 80.7. The number of fused-ring (bicyclic) bond motifs is 2. The van der Waals surface area contributed by atoms with Gasteiger partial charge in [0.1, 0.15) is 42.0 Å². The van der Waals surface area contributed by atoms with Gasteiger partial charge < -0.3 is 53.5 Å². The van der Waals surface area contributed by atoms with Gasteiger partial charge in [-0.05, 0) is 300 Å². The van der Waals surface area contributed by atoms with Crippen molar-refractivity contribution in [1.82, 2.24) is 0 Å². The monoisotopic (exact) mass is 2030 g/mol. The highest BCUT2D eigenvalue weighted by Crippen LogP contribution is 2.53. The number of rotatable bonds is 44. The number of carbonyl (C=O) groups excluding carboxylic acids is 7. The number of benzene rings is 11. The van der Waals surface area contributed by atoms with E-state index >= 15 is 9.59 Å². The predicted octanol–water partition coefficient (Wildman–Crippen LogP) is 26.5. The van der Waals surface area contributed by atoms with Gasteiger partial charge >= 0.3 is 23.9 Å². The Kier molecular flexibility index (Phi) is 39.0. The van der Waals surface area contributed by atoms with Crippen molar-refractivity contribution in [3.8, 4) is 40.2 Å². The summed E-state index contributed by atoms with van der Waals surface area (Å²) in [4.78, 5) is 133. The number of carboxylic acids is 1. The number of phenols is 2. The summed E-state index contributed by atoms with van der Waals surface area (Å²) in [5.41, 5.74) is 14.3. The Morgan fingerprint density at radius 1 is 0.280 bits per heavy atom. The van der Waals surface area contributed by atoms with Gasteiger partial charge in [0.25, 0.3) is 23.6 Å². The molecule has 0 fully saturated rings. The number of carbonyl (C=O) groups is 8. The Hall–Kier alpha value is -16.1.